The number of hydrogen-bond donors (Lipinski definition) is 0. The lowest BCUT2D eigenvalue weighted by Crippen LogP contribution is -2.67. The van der Waals surface area contributed by atoms with E-state index in [1.165, 1.54) is 54.5 Å². The number of ether oxygens (including phenoxy) is 1. The van der Waals surface area contributed by atoms with E-state index in [0.29, 0.717) is 6.61 Å². The molecule has 1 heterocycles. The summed E-state index contributed by atoms with van der Waals surface area (Å²) in [4.78, 5) is 18.9. The number of likely N-dealkylation sites (tertiary alicyclic amines) is 1. The van der Waals surface area contributed by atoms with E-state index in [9.17, 15) is 4.79 Å². The maximum Gasteiger partial charge on any atom is 0.410 e. The van der Waals surface area contributed by atoms with Gasteiger partial charge in [-0.3, -0.25) is 4.90 Å². The highest BCUT2D eigenvalue weighted by atomic mass is 28.4. The normalized spacial score (nSPS) is 25.7. The molecule has 0 N–H and O–H groups in total. The van der Waals surface area contributed by atoms with Crippen molar-refractivity contribution in [2.75, 3.05) is 26.2 Å². The van der Waals surface area contributed by atoms with Crippen LogP contribution in [-0.4, -0.2) is 62.1 Å². The summed E-state index contributed by atoms with van der Waals surface area (Å²) in [7, 11) is -2.69. The Labute approximate surface area is 321 Å². The quantitative estimate of drug-likeness (QED) is 0.138. The van der Waals surface area contributed by atoms with Crippen molar-refractivity contribution in [3.8, 4) is 12.3 Å². The Kier molecular flexibility index (Phi) is 11.0. The van der Waals surface area contributed by atoms with Gasteiger partial charge in [0.1, 0.15) is 5.60 Å². The number of amides is 1. The minimum Gasteiger partial charge on any atom is -0.443 e. The van der Waals surface area contributed by atoms with Gasteiger partial charge in [0, 0.05) is 49.8 Å². The zero-order chi connectivity index (χ0) is 37.3. The second kappa shape index (κ2) is 15.4. The molecule has 5 nitrogen and oxygen atoms in total. The molecule has 1 amide bonds. The van der Waals surface area contributed by atoms with Crippen LogP contribution in [0.2, 0.25) is 5.04 Å². The van der Waals surface area contributed by atoms with Crippen molar-refractivity contribution in [3.05, 3.63) is 96.1 Å². The van der Waals surface area contributed by atoms with Crippen LogP contribution in [0.25, 0.3) is 0 Å². The van der Waals surface area contributed by atoms with Gasteiger partial charge in [-0.2, -0.15) is 0 Å². The predicted molar refractivity (Wildman–Crippen MR) is 219 cm³/mol. The molecule has 5 aliphatic rings. The van der Waals surface area contributed by atoms with Gasteiger partial charge >= 0.3 is 6.09 Å². The molecule has 0 spiro atoms. The fourth-order valence-electron chi connectivity index (χ4n) is 11.3. The number of piperidine rings is 1. The van der Waals surface area contributed by atoms with E-state index in [-0.39, 0.29) is 22.6 Å². The summed E-state index contributed by atoms with van der Waals surface area (Å²) in [6.07, 6.45) is 16.6. The molecule has 5 fully saturated rings. The van der Waals surface area contributed by atoms with Crippen LogP contribution in [-0.2, 0) is 15.7 Å². The Balaban J connectivity index is 1.11. The van der Waals surface area contributed by atoms with Gasteiger partial charge in [-0.1, -0.05) is 99.5 Å². The van der Waals surface area contributed by atoms with E-state index in [1.54, 1.807) is 0 Å². The zero-order valence-electron chi connectivity index (χ0n) is 33.0. The average molecular weight is 731 g/mol. The van der Waals surface area contributed by atoms with Gasteiger partial charge in [0.2, 0.25) is 0 Å². The molecule has 4 saturated carbocycles. The summed E-state index contributed by atoms with van der Waals surface area (Å²) in [6.45, 7) is 15.1. The number of rotatable bonds is 12. The van der Waals surface area contributed by atoms with Crippen LogP contribution < -0.4 is 10.4 Å². The first kappa shape index (κ1) is 37.9. The second-order valence-electron chi connectivity index (χ2n) is 18.5. The van der Waals surface area contributed by atoms with Gasteiger partial charge in [-0.05, 0) is 122 Å². The standard InChI is InChI=1S/C47H62N2O3Si/c1-7-36-21-23-37(24-22-36)34-48(26-27-51-53(45(2,3)4,42-17-10-8-11-18-42)43-19-12-9-13-20-43)35-41-16-14-15-25-49(41)44(50)52-46(5,6)47-31-38-28-39(32-47)30-40(29-38)33-47/h1,8-13,17-24,38-41H,14-16,25-35H2,2-6H3. The highest BCUT2D eigenvalue weighted by Crippen LogP contribution is 2.64. The Morgan fingerprint density at radius 3 is 1.94 bits per heavy atom. The molecular formula is C47H62N2O3Si. The summed E-state index contributed by atoms with van der Waals surface area (Å²) >= 11 is 0. The highest BCUT2D eigenvalue weighted by Gasteiger charge is 2.59. The van der Waals surface area contributed by atoms with Crippen LogP contribution in [0, 0.1) is 35.5 Å². The smallest absolute Gasteiger partial charge is 0.410 e. The van der Waals surface area contributed by atoms with Gasteiger partial charge in [-0.25, -0.2) is 4.79 Å². The first-order valence-electron chi connectivity index (χ1n) is 20.4. The van der Waals surface area contributed by atoms with Crippen molar-refractivity contribution >= 4 is 24.8 Å². The number of carbonyl (C=O) groups excluding carboxylic acids is 1. The molecule has 0 radical (unpaired) electrons. The molecule has 1 atom stereocenters. The molecule has 8 rings (SSSR count). The Morgan fingerprint density at radius 2 is 1.42 bits per heavy atom. The van der Waals surface area contributed by atoms with Crippen molar-refractivity contribution in [2.24, 2.45) is 23.2 Å². The maximum atomic E-state index is 14.3. The topological polar surface area (TPSA) is 42.0 Å². The summed E-state index contributed by atoms with van der Waals surface area (Å²) in [5, 5.41) is 2.48. The van der Waals surface area contributed by atoms with Crippen molar-refractivity contribution in [1.29, 1.82) is 0 Å². The first-order chi connectivity index (χ1) is 25.4. The molecule has 0 aromatic heterocycles. The molecule has 1 saturated heterocycles. The molecular weight excluding hydrogens is 669 g/mol. The summed E-state index contributed by atoms with van der Waals surface area (Å²) in [5.41, 5.74) is 1.75. The third-order valence-corrected chi connectivity index (χ3v) is 18.7. The van der Waals surface area contributed by atoms with E-state index >= 15 is 0 Å². The van der Waals surface area contributed by atoms with Crippen LogP contribution in [0.4, 0.5) is 4.79 Å². The monoisotopic (exact) mass is 730 g/mol. The predicted octanol–water partition coefficient (Wildman–Crippen LogP) is 9.03. The first-order valence-corrected chi connectivity index (χ1v) is 22.3. The molecule has 3 aromatic carbocycles. The lowest BCUT2D eigenvalue weighted by Gasteiger charge is -2.61. The van der Waals surface area contributed by atoms with Crippen LogP contribution >= 0.6 is 0 Å². The van der Waals surface area contributed by atoms with E-state index in [2.05, 4.69) is 123 Å². The average Bonchev–Trinajstić information content (AvgIpc) is 3.13. The third kappa shape index (κ3) is 7.77. The van der Waals surface area contributed by atoms with E-state index < -0.39 is 13.9 Å². The summed E-state index contributed by atoms with van der Waals surface area (Å²) in [5.74, 6) is 5.21. The number of nitrogens with zero attached hydrogens (tertiary/aromatic N) is 2. The number of hydrogen-bond acceptors (Lipinski definition) is 4. The maximum absolute atomic E-state index is 14.3. The third-order valence-electron chi connectivity index (χ3n) is 13.7. The number of carbonyl (C=O) groups is 1. The van der Waals surface area contributed by atoms with Crippen LogP contribution in [0.5, 0.6) is 0 Å². The van der Waals surface area contributed by atoms with Crippen molar-refractivity contribution in [2.45, 2.75) is 116 Å². The summed E-state index contributed by atoms with van der Waals surface area (Å²) in [6, 6.07) is 30.2. The largest absolute Gasteiger partial charge is 0.443 e. The Bertz CT molecular complexity index is 1650. The van der Waals surface area contributed by atoms with Gasteiger partial charge in [0.05, 0.1) is 0 Å². The highest BCUT2D eigenvalue weighted by molar-refractivity contribution is 6.99. The SMILES string of the molecule is C#Cc1ccc(CN(CCO[Si](c2ccccc2)(c2ccccc2)C(C)(C)C)CC2CCCCN2C(=O)OC(C)(C)C23CC4CC(CC(C4)C2)C3)cc1. The van der Waals surface area contributed by atoms with Gasteiger partial charge in [-0.15, -0.1) is 6.42 Å². The molecule has 6 heteroatoms. The minimum absolute atomic E-state index is 0.0845. The number of benzene rings is 3. The molecule has 4 aliphatic carbocycles. The fraction of sp³-hybridized carbons (Fsp3) is 0.553. The second-order valence-corrected chi connectivity index (χ2v) is 22.8. The lowest BCUT2D eigenvalue weighted by molar-refractivity contribution is -0.168. The fourth-order valence-corrected chi connectivity index (χ4v) is 15.8. The molecule has 1 unspecified atom stereocenters. The molecule has 3 aromatic rings. The van der Waals surface area contributed by atoms with E-state index in [4.69, 9.17) is 15.6 Å². The summed E-state index contributed by atoms with van der Waals surface area (Å²) < 4.78 is 14.1. The lowest BCUT2D eigenvalue weighted by atomic mass is 9.46. The van der Waals surface area contributed by atoms with Crippen molar-refractivity contribution in [1.82, 2.24) is 9.80 Å². The Hall–Kier alpha value is -3.37. The minimum atomic E-state index is -2.69. The molecule has 4 bridgehead atoms. The van der Waals surface area contributed by atoms with Crippen molar-refractivity contribution < 1.29 is 14.0 Å². The Morgan fingerprint density at radius 1 is 0.849 bits per heavy atom. The molecule has 53 heavy (non-hydrogen) atoms. The molecule has 282 valence electrons. The van der Waals surface area contributed by atoms with Crippen LogP contribution in [0.15, 0.2) is 84.9 Å². The molecule has 1 aliphatic heterocycles. The zero-order valence-corrected chi connectivity index (χ0v) is 34.0. The van der Waals surface area contributed by atoms with Crippen LogP contribution in [0.3, 0.4) is 0 Å². The van der Waals surface area contributed by atoms with Crippen molar-refractivity contribution in [3.63, 3.8) is 0 Å². The van der Waals surface area contributed by atoms with Gasteiger partial charge in [0.15, 0.2) is 0 Å². The van der Waals surface area contributed by atoms with Crippen LogP contribution in [0.1, 0.15) is 104 Å². The van der Waals surface area contributed by atoms with E-state index in [1.807, 2.05) is 12.1 Å². The van der Waals surface area contributed by atoms with E-state index in [0.717, 1.165) is 68.8 Å². The number of terminal acetylenes is 1. The van der Waals surface area contributed by atoms with Gasteiger partial charge in [0.25, 0.3) is 8.32 Å². The van der Waals surface area contributed by atoms with Gasteiger partial charge < -0.3 is 14.1 Å².